The summed E-state index contributed by atoms with van der Waals surface area (Å²) in [5.41, 5.74) is 0.270. The first-order chi connectivity index (χ1) is 21.2. The van der Waals surface area contributed by atoms with Gasteiger partial charge >= 0.3 is 164 Å². The quantitative estimate of drug-likeness (QED) is 0.128. The molecule has 0 saturated carbocycles. The van der Waals surface area contributed by atoms with E-state index in [0.717, 1.165) is 10.9 Å². The molecule has 2 aliphatic rings. The molecule has 0 aromatic carbocycles. The predicted molar refractivity (Wildman–Crippen MR) is 163 cm³/mol. The second-order valence-electron chi connectivity index (χ2n) is 12.7. The zero-order valence-electron chi connectivity index (χ0n) is 29.6. The van der Waals surface area contributed by atoms with Gasteiger partial charge < -0.3 is 54.5 Å². The maximum Gasteiger partial charge on any atom is 1.00 e. The van der Waals surface area contributed by atoms with Crippen LogP contribution in [0.5, 0.6) is 0 Å². The molecule has 4 rings (SSSR count). The van der Waals surface area contributed by atoms with Crippen molar-refractivity contribution in [2.45, 2.75) is 104 Å². The van der Waals surface area contributed by atoms with Gasteiger partial charge in [-0.3, -0.25) is 9.36 Å². The third-order valence-corrected chi connectivity index (χ3v) is 8.04. The molecule has 0 bridgehead atoms. The molecule has 0 aliphatic carbocycles. The minimum absolute atomic E-state index is 0. The summed E-state index contributed by atoms with van der Waals surface area (Å²) in [7, 11) is -0.832. The monoisotopic (exact) mass is 916 g/mol. The van der Waals surface area contributed by atoms with Crippen LogP contribution in [0.2, 0.25) is 0 Å². The van der Waals surface area contributed by atoms with Gasteiger partial charge in [-0.25, -0.2) is 9.59 Å². The minimum atomic E-state index is -2.33. The van der Waals surface area contributed by atoms with Crippen LogP contribution in [0.15, 0.2) is 24.8 Å². The number of carboxylic acid groups (broad SMARTS) is 4. The zero-order chi connectivity index (χ0) is 34.9. The Kier molecular flexibility index (Phi) is 21.2. The van der Waals surface area contributed by atoms with Crippen LogP contribution >= 0.6 is 0 Å². The zero-order valence-corrected chi connectivity index (χ0v) is 42.1. The van der Waals surface area contributed by atoms with Crippen LogP contribution in [0.25, 0.3) is 0 Å². The maximum absolute atomic E-state index is 10.3. The van der Waals surface area contributed by atoms with Gasteiger partial charge in [0.15, 0.2) is 0 Å². The number of nitrogens with zero attached hydrogens (tertiary/aromatic N) is 4. The Bertz CT molecular complexity index is 1200. The van der Waals surface area contributed by atoms with Gasteiger partial charge in [-0.1, -0.05) is 0 Å². The third kappa shape index (κ3) is 15.5. The van der Waals surface area contributed by atoms with Crippen LogP contribution in [0.3, 0.4) is 0 Å². The number of carbonyl (C=O) groups is 3. The summed E-state index contributed by atoms with van der Waals surface area (Å²) in [5, 5.41) is 46.8. The normalized spacial score (nSPS) is 17.8. The smallest absolute Gasteiger partial charge is 0.652 e. The van der Waals surface area contributed by atoms with Crippen molar-refractivity contribution < 1.29 is 191 Å². The third-order valence-electron chi connectivity index (χ3n) is 8.04. The van der Waals surface area contributed by atoms with Crippen LogP contribution in [-0.2, 0) is 31.7 Å². The fraction of sp³-hybridized carbons (Fsp3) is 0.667. The molecular formula is C27H44B2Cs2N6O11. The largest absolute Gasteiger partial charge is 1.00 e. The molecule has 2 aromatic heterocycles. The van der Waals surface area contributed by atoms with Gasteiger partial charge in [0.1, 0.15) is 0 Å². The molecule has 2 aliphatic heterocycles. The Morgan fingerprint density at radius 1 is 0.688 bits per heavy atom. The van der Waals surface area contributed by atoms with Crippen molar-refractivity contribution in [3.63, 3.8) is 0 Å². The fourth-order valence-electron chi connectivity index (χ4n) is 4.08. The van der Waals surface area contributed by atoms with Gasteiger partial charge in [-0.05, 0) is 74.4 Å². The van der Waals surface area contributed by atoms with E-state index >= 15 is 0 Å². The summed E-state index contributed by atoms with van der Waals surface area (Å²) in [6, 6.07) is 0. The number of amides is 2. The average Bonchev–Trinajstić information content (AvgIpc) is 3.65. The van der Waals surface area contributed by atoms with E-state index in [1.54, 1.807) is 21.8 Å². The first-order valence-corrected chi connectivity index (χ1v) is 14.7. The van der Waals surface area contributed by atoms with E-state index in [9.17, 15) is 9.59 Å². The van der Waals surface area contributed by atoms with E-state index in [1.165, 1.54) is 0 Å². The molecule has 2 fully saturated rings. The standard InChI is InChI=1S/2C13H22BN3O4.CH2O3.2Cs/c2*1-12(2)13(3,4)21-14(20-12)10-8-16-17(9-10)7-5-6-15-11(18)19;2-1(3)4;;/h2*8-9,15H,5-7H2,1-4H3,(H,18,19);(H2,2,3,4);;/q;;;2*+1/p-2. The topological polar surface area (TPSA) is 234 Å². The van der Waals surface area contributed by atoms with Crippen LogP contribution in [0.4, 0.5) is 14.4 Å². The van der Waals surface area contributed by atoms with Gasteiger partial charge in [-0.2, -0.15) is 10.2 Å². The summed E-state index contributed by atoms with van der Waals surface area (Å²) in [4.78, 5) is 29.0. The van der Waals surface area contributed by atoms with Crippen LogP contribution in [-0.4, -0.2) is 97.8 Å². The van der Waals surface area contributed by atoms with Gasteiger partial charge in [0, 0.05) is 61.9 Å². The van der Waals surface area contributed by atoms with Crippen molar-refractivity contribution in [3.05, 3.63) is 24.8 Å². The molecule has 2 aromatic rings. The SMILES string of the molecule is CC1(C)OB(c2cnn(CCCNC(=O)O)c2)OC1(C)C.CC1(C)OB(c2cnn(CCCNC(=O)O)c2)OC1(C)C.O=C([O-])[O-].[Cs+].[Cs+]. The molecule has 4 N–H and O–H groups in total. The molecule has 0 radical (unpaired) electrons. The summed E-state index contributed by atoms with van der Waals surface area (Å²) in [5.74, 6) is 0. The molecule has 2 amide bonds. The Hall–Kier alpha value is 0.304. The number of hydrogen-bond acceptors (Lipinski definition) is 11. The fourth-order valence-corrected chi connectivity index (χ4v) is 4.08. The second kappa shape index (κ2) is 21.1. The van der Waals surface area contributed by atoms with E-state index in [1.807, 2.05) is 67.8 Å². The van der Waals surface area contributed by atoms with Gasteiger partial charge in [0.25, 0.3) is 0 Å². The summed E-state index contributed by atoms with van der Waals surface area (Å²) >= 11 is 0. The van der Waals surface area contributed by atoms with Gasteiger partial charge in [-0.15, -0.1) is 0 Å². The van der Waals surface area contributed by atoms with Crippen molar-refractivity contribution in [1.29, 1.82) is 0 Å². The van der Waals surface area contributed by atoms with Crippen molar-refractivity contribution >= 4 is 43.5 Å². The Balaban J connectivity index is 0.000000798. The first-order valence-electron chi connectivity index (χ1n) is 14.7. The molecule has 0 unspecified atom stereocenters. The molecule has 21 heteroatoms. The minimum Gasteiger partial charge on any atom is -0.652 e. The molecular weight excluding hydrogens is 872 g/mol. The number of nitrogens with one attached hydrogen (secondary N) is 2. The van der Waals surface area contributed by atoms with Crippen molar-refractivity contribution in [3.8, 4) is 0 Å². The number of aromatic nitrogens is 4. The number of rotatable bonds is 10. The average molecular weight is 916 g/mol. The molecule has 17 nitrogen and oxygen atoms in total. The molecule has 0 spiro atoms. The van der Waals surface area contributed by atoms with E-state index < -0.39 is 32.6 Å². The molecule has 0 atom stereocenters. The van der Waals surface area contributed by atoms with Crippen LogP contribution in [0, 0.1) is 0 Å². The molecule has 256 valence electrons. The van der Waals surface area contributed by atoms with Gasteiger partial charge in [0.05, 0.1) is 22.4 Å². The van der Waals surface area contributed by atoms with E-state index in [4.69, 9.17) is 43.8 Å². The van der Waals surface area contributed by atoms with Crippen molar-refractivity contribution in [1.82, 2.24) is 30.2 Å². The Morgan fingerprint density at radius 3 is 1.21 bits per heavy atom. The number of aryl methyl sites for hydroxylation is 2. The van der Waals surface area contributed by atoms with Crippen molar-refractivity contribution in [2.75, 3.05) is 13.1 Å². The van der Waals surface area contributed by atoms with E-state index in [2.05, 4.69) is 20.8 Å². The maximum atomic E-state index is 10.3. The number of carbonyl (C=O) groups excluding carboxylic acids is 1. The van der Waals surface area contributed by atoms with E-state index in [0.29, 0.717) is 39.0 Å². The molecule has 4 heterocycles. The van der Waals surface area contributed by atoms with E-state index in [-0.39, 0.29) is 160 Å². The summed E-state index contributed by atoms with van der Waals surface area (Å²) in [6.07, 6.45) is 4.22. The Labute approximate surface area is 399 Å². The second-order valence-corrected chi connectivity index (χ2v) is 12.7. The number of hydrogen-bond donors (Lipinski definition) is 4. The van der Waals surface area contributed by atoms with Crippen molar-refractivity contribution in [2.24, 2.45) is 0 Å². The van der Waals surface area contributed by atoms with Crippen LogP contribution in [0.1, 0.15) is 68.2 Å². The van der Waals surface area contributed by atoms with Crippen LogP contribution < -0.4 is 170 Å². The van der Waals surface area contributed by atoms with Gasteiger partial charge in [0.2, 0.25) is 0 Å². The first kappa shape index (κ1) is 48.3. The molecule has 2 saturated heterocycles. The Morgan fingerprint density at radius 2 is 0.958 bits per heavy atom. The predicted octanol–water partition coefficient (Wildman–Crippen LogP) is -6.76. The summed E-state index contributed by atoms with van der Waals surface area (Å²) in [6.45, 7) is 18.2. The molecule has 48 heavy (non-hydrogen) atoms. The summed E-state index contributed by atoms with van der Waals surface area (Å²) < 4.78 is 27.4.